The van der Waals surface area contributed by atoms with Crippen LogP contribution in [0.3, 0.4) is 0 Å². The highest BCUT2D eigenvalue weighted by Gasteiger charge is 2.13. The zero-order valence-corrected chi connectivity index (χ0v) is 11.9. The summed E-state index contributed by atoms with van der Waals surface area (Å²) in [5.41, 5.74) is 7.46. The molecule has 0 aliphatic rings. The maximum absolute atomic E-state index is 6.00. The summed E-state index contributed by atoms with van der Waals surface area (Å²) in [6.45, 7) is 0. The molecule has 2 aromatic carbocycles. The third-order valence-corrected chi connectivity index (χ3v) is 3.02. The number of nitrogens with zero attached hydrogens (tertiary/aromatic N) is 1. The summed E-state index contributed by atoms with van der Waals surface area (Å²) in [5.74, 6) is 0.737. The fraction of sp³-hybridized carbons (Fsp3) is 0.0714. The number of halogens is 1. The van der Waals surface area contributed by atoms with E-state index in [0.717, 1.165) is 17.1 Å². The van der Waals surface area contributed by atoms with Crippen molar-refractivity contribution in [3.8, 4) is 5.75 Å². The lowest BCUT2D eigenvalue weighted by atomic mass is 10.2. The molecule has 5 heteroatoms. The molecule has 0 saturated heterocycles. The summed E-state index contributed by atoms with van der Waals surface area (Å²) in [5, 5.41) is 0.872. The first-order chi connectivity index (χ1) is 9.11. The van der Waals surface area contributed by atoms with Gasteiger partial charge in [0, 0.05) is 16.8 Å². The maximum Gasteiger partial charge on any atom is 0.175 e. The van der Waals surface area contributed by atoms with Gasteiger partial charge in [0.1, 0.15) is 5.75 Å². The monoisotopic (exact) mass is 292 g/mol. The number of benzene rings is 2. The first-order valence-corrected chi connectivity index (χ1v) is 6.39. The lowest BCUT2D eigenvalue weighted by molar-refractivity contribution is 0.415. The van der Waals surface area contributed by atoms with Crippen LogP contribution in [-0.2, 0) is 0 Å². The first kappa shape index (κ1) is 13.6. The predicted octanol–water partition coefficient (Wildman–Crippen LogP) is 3.73. The van der Waals surface area contributed by atoms with Gasteiger partial charge in [-0.3, -0.25) is 4.90 Å². The molecular weight excluding hydrogens is 280 g/mol. The summed E-state index contributed by atoms with van der Waals surface area (Å²) in [6.07, 6.45) is 0. The zero-order valence-electron chi connectivity index (χ0n) is 10.3. The summed E-state index contributed by atoms with van der Waals surface area (Å²) in [7, 11) is 1.61. The molecule has 0 amide bonds. The van der Waals surface area contributed by atoms with E-state index in [2.05, 4.69) is 0 Å². The van der Waals surface area contributed by atoms with Crippen LogP contribution in [0.4, 0.5) is 11.4 Å². The molecule has 2 aromatic rings. The summed E-state index contributed by atoms with van der Waals surface area (Å²) in [6, 6.07) is 14.9. The van der Waals surface area contributed by atoms with Crippen molar-refractivity contribution in [2.75, 3.05) is 12.0 Å². The number of anilines is 2. The van der Waals surface area contributed by atoms with E-state index >= 15 is 0 Å². The Kier molecular flexibility index (Phi) is 4.24. The summed E-state index contributed by atoms with van der Waals surface area (Å²) >= 11 is 11.1. The van der Waals surface area contributed by atoms with Crippen LogP contribution in [0.1, 0.15) is 0 Å². The minimum Gasteiger partial charge on any atom is -0.497 e. The second-order valence-corrected chi connectivity index (χ2v) is 4.71. The van der Waals surface area contributed by atoms with Crippen LogP contribution < -0.4 is 15.4 Å². The maximum atomic E-state index is 6.00. The van der Waals surface area contributed by atoms with E-state index < -0.39 is 0 Å². The van der Waals surface area contributed by atoms with Crippen molar-refractivity contribution < 1.29 is 4.74 Å². The number of nitrogens with two attached hydrogens (primary N) is 1. The van der Waals surface area contributed by atoms with E-state index in [-0.39, 0.29) is 5.11 Å². The van der Waals surface area contributed by atoms with E-state index in [1.165, 1.54) is 0 Å². The quantitative estimate of drug-likeness (QED) is 0.875. The second-order valence-electron chi connectivity index (χ2n) is 3.85. The number of rotatable bonds is 3. The van der Waals surface area contributed by atoms with Crippen molar-refractivity contribution in [1.29, 1.82) is 0 Å². The molecule has 0 aliphatic heterocycles. The summed E-state index contributed by atoms with van der Waals surface area (Å²) in [4.78, 5) is 1.74. The van der Waals surface area contributed by atoms with Gasteiger partial charge in [0.2, 0.25) is 0 Å². The first-order valence-electron chi connectivity index (χ1n) is 5.61. The SMILES string of the molecule is COc1cccc(N(C(N)=S)c2cccc(Cl)c2)c1. The van der Waals surface area contributed by atoms with Crippen LogP contribution in [0, 0.1) is 0 Å². The molecular formula is C14H13ClN2OS. The molecule has 19 heavy (non-hydrogen) atoms. The standard InChI is InChI=1S/C14H13ClN2OS/c1-18-13-7-3-6-12(9-13)17(14(16)19)11-5-2-4-10(15)8-11/h2-9H,1H3,(H2,16,19). The van der Waals surface area contributed by atoms with E-state index in [0.29, 0.717) is 5.02 Å². The Morgan fingerprint density at radius 3 is 2.37 bits per heavy atom. The highest BCUT2D eigenvalue weighted by atomic mass is 35.5. The molecule has 2 N–H and O–H groups in total. The Morgan fingerprint density at radius 1 is 1.16 bits per heavy atom. The topological polar surface area (TPSA) is 38.5 Å². The lowest BCUT2D eigenvalue weighted by Crippen LogP contribution is -2.31. The fourth-order valence-electron chi connectivity index (χ4n) is 1.77. The van der Waals surface area contributed by atoms with Crippen LogP contribution in [0.15, 0.2) is 48.5 Å². The highest BCUT2D eigenvalue weighted by Crippen LogP contribution is 2.29. The van der Waals surface area contributed by atoms with Gasteiger partial charge in [-0.05, 0) is 42.5 Å². The van der Waals surface area contributed by atoms with Gasteiger partial charge < -0.3 is 10.5 Å². The molecule has 0 saturated carbocycles. The normalized spacial score (nSPS) is 10.0. The minimum atomic E-state index is 0.246. The van der Waals surface area contributed by atoms with Crippen LogP contribution in [0.5, 0.6) is 5.75 Å². The van der Waals surface area contributed by atoms with Crippen molar-refractivity contribution in [2.24, 2.45) is 5.73 Å². The highest BCUT2D eigenvalue weighted by molar-refractivity contribution is 7.80. The average Bonchev–Trinajstić information content (AvgIpc) is 2.39. The van der Waals surface area contributed by atoms with Crippen molar-refractivity contribution in [1.82, 2.24) is 0 Å². The van der Waals surface area contributed by atoms with Crippen molar-refractivity contribution in [2.45, 2.75) is 0 Å². The largest absolute Gasteiger partial charge is 0.497 e. The third-order valence-electron chi connectivity index (χ3n) is 2.60. The smallest absolute Gasteiger partial charge is 0.175 e. The molecule has 0 spiro atoms. The molecule has 0 aromatic heterocycles. The second kappa shape index (κ2) is 5.91. The Bertz CT molecular complexity index is 604. The number of thiocarbonyl (C=S) groups is 1. The van der Waals surface area contributed by atoms with E-state index in [9.17, 15) is 0 Å². The molecule has 3 nitrogen and oxygen atoms in total. The molecule has 0 aliphatic carbocycles. The molecule has 0 unspecified atom stereocenters. The molecule has 0 radical (unpaired) electrons. The van der Waals surface area contributed by atoms with Gasteiger partial charge in [-0.15, -0.1) is 0 Å². The van der Waals surface area contributed by atoms with Gasteiger partial charge in [0.25, 0.3) is 0 Å². The van der Waals surface area contributed by atoms with Gasteiger partial charge >= 0.3 is 0 Å². The molecule has 0 bridgehead atoms. The van der Waals surface area contributed by atoms with E-state index in [1.54, 1.807) is 24.1 Å². The van der Waals surface area contributed by atoms with Crippen molar-refractivity contribution >= 4 is 40.3 Å². The fourth-order valence-corrected chi connectivity index (χ4v) is 2.16. The Morgan fingerprint density at radius 2 is 1.79 bits per heavy atom. The van der Waals surface area contributed by atoms with Crippen LogP contribution in [0.25, 0.3) is 0 Å². The third kappa shape index (κ3) is 3.16. The zero-order chi connectivity index (χ0) is 13.8. The van der Waals surface area contributed by atoms with Crippen molar-refractivity contribution in [3.05, 3.63) is 53.6 Å². The van der Waals surface area contributed by atoms with E-state index in [1.807, 2.05) is 36.4 Å². The molecule has 0 heterocycles. The molecule has 0 fully saturated rings. The Balaban J connectivity index is 2.48. The van der Waals surface area contributed by atoms with Crippen LogP contribution >= 0.6 is 23.8 Å². The van der Waals surface area contributed by atoms with Crippen molar-refractivity contribution in [3.63, 3.8) is 0 Å². The minimum absolute atomic E-state index is 0.246. The number of hydrogen-bond donors (Lipinski definition) is 1. The van der Waals surface area contributed by atoms with Gasteiger partial charge in [0.15, 0.2) is 5.11 Å². The summed E-state index contributed by atoms with van der Waals surface area (Å²) < 4.78 is 5.21. The lowest BCUT2D eigenvalue weighted by Gasteiger charge is -2.23. The number of hydrogen-bond acceptors (Lipinski definition) is 2. The Labute approximate surface area is 122 Å². The van der Waals surface area contributed by atoms with Gasteiger partial charge in [-0.2, -0.15) is 0 Å². The average molecular weight is 293 g/mol. The molecule has 2 rings (SSSR count). The number of ether oxygens (including phenoxy) is 1. The van der Waals surface area contributed by atoms with Crippen LogP contribution in [0.2, 0.25) is 5.02 Å². The van der Waals surface area contributed by atoms with Gasteiger partial charge in [-0.25, -0.2) is 0 Å². The van der Waals surface area contributed by atoms with Gasteiger partial charge in [0.05, 0.1) is 12.8 Å². The van der Waals surface area contributed by atoms with Crippen LogP contribution in [-0.4, -0.2) is 12.2 Å². The van der Waals surface area contributed by atoms with Gasteiger partial charge in [-0.1, -0.05) is 23.7 Å². The molecule has 0 atom stereocenters. The number of methoxy groups -OCH3 is 1. The predicted molar refractivity (Wildman–Crippen MR) is 83.4 cm³/mol. The van der Waals surface area contributed by atoms with E-state index in [4.69, 9.17) is 34.3 Å². The Hall–Kier alpha value is -1.78. The molecule has 98 valence electrons.